The second kappa shape index (κ2) is 5.35. The van der Waals surface area contributed by atoms with E-state index >= 15 is 0 Å². The first kappa shape index (κ1) is 14.4. The van der Waals surface area contributed by atoms with Gasteiger partial charge in [-0.05, 0) is 31.5 Å². The third-order valence-electron chi connectivity index (χ3n) is 3.49. The molecule has 2 aromatic heterocycles. The van der Waals surface area contributed by atoms with Gasteiger partial charge in [0.15, 0.2) is 5.65 Å². The predicted octanol–water partition coefficient (Wildman–Crippen LogP) is 4.27. The lowest BCUT2D eigenvalue weighted by Gasteiger charge is -2.11. The van der Waals surface area contributed by atoms with Crippen LogP contribution in [0.5, 0.6) is 0 Å². The summed E-state index contributed by atoms with van der Waals surface area (Å²) >= 11 is 12.5. The Morgan fingerprint density at radius 1 is 1.33 bits per heavy atom. The zero-order chi connectivity index (χ0) is 15.1. The van der Waals surface area contributed by atoms with Crippen LogP contribution in [0.4, 0.5) is 0 Å². The zero-order valence-corrected chi connectivity index (χ0v) is 13.7. The van der Waals surface area contributed by atoms with Crippen LogP contribution in [-0.2, 0) is 13.5 Å². The van der Waals surface area contributed by atoms with Gasteiger partial charge in [0.25, 0.3) is 0 Å². The van der Waals surface area contributed by atoms with Crippen LogP contribution in [0.15, 0.2) is 24.3 Å². The highest BCUT2D eigenvalue weighted by molar-refractivity contribution is 6.30. The fourth-order valence-corrected chi connectivity index (χ4v) is 2.90. The van der Waals surface area contributed by atoms with Crippen molar-refractivity contribution in [3.05, 3.63) is 40.8 Å². The molecule has 4 nitrogen and oxygen atoms in total. The van der Waals surface area contributed by atoms with Crippen molar-refractivity contribution in [3.8, 4) is 5.69 Å². The van der Waals surface area contributed by atoms with Crippen LogP contribution in [0.25, 0.3) is 16.9 Å². The van der Waals surface area contributed by atoms with E-state index < -0.39 is 0 Å². The molecule has 0 spiro atoms. The van der Waals surface area contributed by atoms with Crippen molar-refractivity contribution in [2.75, 3.05) is 0 Å². The van der Waals surface area contributed by atoms with Gasteiger partial charge in [-0.25, -0.2) is 9.67 Å². The minimum absolute atomic E-state index is 0.207. The lowest BCUT2D eigenvalue weighted by Crippen LogP contribution is -2.06. The van der Waals surface area contributed by atoms with Gasteiger partial charge in [-0.1, -0.05) is 24.6 Å². The van der Waals surface area contributed by atoms with Crippen LogP contribution in [0.3, 0.4) is 0 Å². The Bertz CT molecular complexity index is 801. The first-order chi connectivity index (χ1) is 10.0. The molecule has 0 bridgehead atoms. The first-order valence-electron chi connectivity index (χ1n) is 6.87. The molecule has 0 aliphatic heterocycles. The Hall–Kier alpha value is -1.52. The van der Waals surface area contributed by atoms with E-state index in [0.717, 1.165) is 34.8 Å². The Labute approximate surface area is 133 Å². The minimum Gasteiger partial charge on any atom is -0.280 e. The standard InChI is InChI=1S/C15H16Cl2N4/c1-4-12-13-15(20(3)19-12)21(14(18-13)9(2)16)11-7-5-6-10(17)8-11/h5-9H,4H2,1-3H3. The van der Waals surface area contributed by atoms with Gasteiger partial charge in [-0.3, -0.25) is 4.57 Å². The van der Waals surface area contributed by atoms with Gasteiger partial charge >= 0.3 is 0 Å². The zero-order valence-electron chi connectivity index (χ0n) is 12.1. The lowest BCUT2D eigenvalue weighted by atomic mass is 10.3. The molecule has 6 heteroatoms. The number of imidazole rings is 1. The maximum absolute atomic E-state index is 6.33. The topological polar surface area (TPSA) is 35.6 Å². The highest BCUT2D eigenvalue weighted by Crippen LogP contribution is 2.30. The Kier molecular flexibility index (Phi) is 3.68. The highest BCUT2D eigenvalue weighted by atomic mass is 35.5. The third-order valence-corrected chi connectivity index (χ3v) is 3.92. The molecule has 1 aromatic carbocycles. The van der Waals surface area contributed by atoms with Crippen LogP contribution < -0.4 is 0 Å². The van der Waals surface area contributed by atoms with E-state index in [1.807, 2.05) is 47.5 Å². The summed E-state index contributed by atoms with van der Waals surface area (Å²) in [4.78, 5) is 4.71. The average Bonchev–Trinajstić information content (AvgIpc) is 2.97. The molecule has 1 unspecified atom stereocenters. The van der Waals surface area contributed by atoms with Crippen LogP contribution in [0, 0.1) is 0 Å². The molecule has 2 heterocycles. The van der Waals surface area contributed by atoms with Crippen molar-refractivity contribution < 1.29 is 0 Å². The van der Waals surface area contributed by atoms with Crippen molar-refractivity contribution in [2.45, 2.75) is 25.6 Å². The van der Waals surface area contributed by atoms with Crippen LogP contribution >= 0.6 is 23.2 Å². The maximum Gasteiger partial charge on any atom is 0.163 e. The fraction of sp³-hybridized carbons (Fsp3) is 0.333. The van der Waals surface area contributed by atoms with E-state index in [-0.39, 0.29) is 5.38 Å². The Morgan fingerprint density at radius 3 is 2.71 bits per heavy atom. The van der Waals surface area contributed by atoms with Crippen molar-refractivity contribution in [2.24, 2.45) is 7.05 Å². The highest BCUT2D eigenvalue weighted by Gasteiger charge is 2.22. The minimum atomic E-state index is -0.207. The second-order valence-electron chi connectivity index (χ2n) is 5.00. The van der Waals surface area contributed by atoms with E-state index in [9.17, 15) is 0 Å². The molecule has 0 fully saturated rings. The molecule has 0 amide bonds. The van der Waals surface area contributed by atoms with Gasteiger partial charge < -0.3 is 0 Å². The van der Waals surface area contributed by atoms with Crippen LogP contribution in [0.2, 0.25) is 5.02 Å². The molecular weight excluding hydrogens is 307 g/mol. The van der Waals surface area contributed by atoms with E-state index in [1.54, 1.807) is 0 Å². The van der Waals surface area contributed by atoms with E-state index in [2.05, 4.69) is 12.0 Å². The summed E-state index contributed by atoms with van der Waals surface area (Å²) in [6.07, 6.45) is 0.833. The number of hydrogen-bond acceptors (Lipinski definition) is 2. The van der Waals surface area contributed by atoms with Crippen molar-refractivity contribution in [3.63, 3.8) is 0 Å². The molecule has 21 heavy (non-hydrogen) atoms. The summed E-state index contributed by atoms with van der Waals surface area (Å²) in [5, 5.41) is 5.01. The smallest absolute Gasteiger partial charge is 0.163 e. The van der Waals surface area contributed by atoms with E-state index in [4.69, 9.17) is 28.2 Å². The van der Waals surface area contributed by atoms with Gasteiger partial charge in [0.05, 0.1) is 16.8 Å². The summed E-state index contributed by atoms with van der Waals surface area (Å²) < 4.78 is 3.88. The molecule has 0 saturated carbocycles. The second-order valence-corrected chi connectivity index (χ2v) is 6.09. The summed E-state index contributed by atoms with van der Waals surface area (Å²) in [5.41, 5.74) is 3.77. The molecular formula is C15H16Cl2N4. The SMILES string of the molecule is CCc1nn(C)c2c1nc(C(C)Cl)n2-c1cccc(Cl)c1. The largest absolute Gasteiger partial charge is 0.280 e. The number of aryl methyl sites for hydroxylation is 2. The third kappa shape index (κ3) is 2.32. The molecule has 1 atom stereocenters. The van der Waals surface area contributed by atoms with Crippen molar-refractivity contribution in [1.29, 1.82) is 0 Å². The van der Waals surface area contributed by atoms with Gasteiger partial charge in [-0.2, -0.15) is 5.10 Å². The van der Waals surface area contributed by atoms with Crippen LogP contribution in [-0.4, -0.2) is 19.3 Å². The molecule has 0 N–H and O–H groups in total. The fourth-order valence-electron chi connectivity index (χ4n) is 2.57. The van der Waals surface area contributed by atoms with Gasteiger partial charge in [0.1, 0.15) is 11.3 Å². The monoisotopic (exact) mass is 322 g/mol. The molecule has 110 valence electrons. The molecule has 3 rings (SSSR count). The summed E-state index contributed by atoms with van der Waals surface area (Å²) in [6.45, 7) is 3.99. The normalized spacial score (nSPS) is 13.0. The number of benzene rings is 1. The van der Waals surface area contributed by atoms with E-state index in [0.29, 0.717) is 5.02 Å². The maximum atomic E-state index is 6.33. The average molecular weight is 323 g/mol. The number of halogens is 2. The Morgan fingerprint density at radius 2 is 2.10 bits per heavy atom. The van der Waals surface area contributed by atoms with Gasteiger partial charge in [0.2, 0.25) is 0 Å². The molecule has 0 radical (unpaired) electrons. The lowest BCUT2D eigenvalue weighted by molar-refractivity contribution is 0.738. The number of hydrogen-bond donors (Lipinski definition) is 0. The number of rotatable bonds is 3. The number of fused-ring (bicyclic) bond motifs is 1. The molecule has 3 aromatic rings. The van der Waals surface area contributed by atoms with Gasteiger partial charge in [0, 0.05) is 12.1 Å². The summed E-state index contributed by atoms with van der Waals surface area (Å²) in [5.74, 6) is 0.802. The number of nitrogens with zero attached hydrogens (tertiary/aromatic N) is 4. The molecule has 0 aliphatic rings. The first-order valence-corrected chi connectivity index (χ1v) is 7.68. The summed E-state index contributed by atoms with van der Waals surface area (Å²) in [6, 6.07) is 7.67. The Balaban J connectivity index is 2.38. The quantitative estimate of drug-likeness (QED) is 0.675. The van der Waals surface area contributed by atoms with Crippen molar-refractivity contribution in [1.82, 2.24) is 19.3 Å². The van der Waals surface area contributed by atoms with Gasteiger partial charge in [-0.15, -0.1) is 11.6 Å². The van der Waals surface area contributed by atoms with E-state index in [1.165, 1.54) is 0 Å². The van der Waals surface area contributed by atoms with Crippen molar-refractivity contribution >= 4 is 34.4 Å². The summed E-state index contributed by atoms with van der Waals surface area (Å²) in [7, 11) is 1.92. The molecule has 0 aliphatic carbocycles. The predicted molar refractivity (Wildman–Crippen MR) is 86.5 cm³/mol. The molecule has 0 saturated heterocycles. The number of alkyl halides is 1. The van der Waals surface area contributed by atoms with Crippen LogP contribution in [0.1, 0.15) is 30.7 Å². The number of aromatic nitrogens is 4.